The number of hydrogen-bond donors (Lipinski definition) is 1. The molecule has 3 aromatic heterocycles. The summed E-state index contributed by atoms with van der Waals surface area (Å²) in [5.74, 6) is 2.06. The van der Waals surface area contributed by atoms with E-state index in [4.69, 9.17) is 5.73 Å². The van der Waals surface area contributed by atoms with Crippen molar-refractivity contribution in [2.45, 2.75) is 6.92 Å². The van der Waals surface area contributed by atoms with Crippen molar-refractivity contribution in [3.05, 3.63) is 23.5 Å². The Hall–Kier alpha value is -2.35. The Labute approximate surface area is 138 Å². The second-order valence-corrected chi connectivity index (χ2v) is 6.67. The highest BCUT2D eigenvalue weighted by molar-refractivity contribution is 7.17. The van der Waals surface area contributed by atoms with Gasteiger partial charge in [-0.15, -0.1) is 11.3 Å². The van der Waals surface area contributed by atoms with Crippen molar-refractivity contribution in [2.24, 2.45) is 7.05 Å². The van der Waals surface area contributed by atoms with Crippen LogP contribution in [0.3, 0.4) is 0 Å². The Bertz CT molecular complexity index is 845. The Morgan fingerprint density at radius 1 is 1.13 bits per heavy atom. The van der Waals surface area contributed by atoms with E-state index in [1.807, 2.05) is 24.7 Å². The van der Waals surface area contributed by atoms with E-state index >= 15 is 0 Å². The number of piperazine rings is 1. The van der Waals surface area contributed by atoms with Gasteiger partial charge in [-0.05, 0) is 18.4 Å². The summed E-state index contributed by atoms with van der Waals surface area (Å²) < 4.78 is 3.04. The fraction of sp³-hybridized carbons (Fsp3) is 0.400. The van der Waals surface area contributed by atoms with Gasteiger partial charge in [0.2, 0.25) is 0 Å². The summed E-state index contributed by atoms with van der Waals surface area (Å²) in [7, 11) is 1.95. The van der Waals surface area contributed by atoms with E-state index in [1.54, 1.807) is 17.7 Å². The zero-order chi connectivity index (χ0) is 16.0. The van der Waals surface area contributed by atoms with Gasteiger partial charge in [-0.3, -0.25) is 4.68 Å². The molecule has 8 heteroatoms. The largest absolute Gasteiger partial charge is 0.394 e. The molecule has 0 atom stereocenters. The van der Waals surface area contributed by atoms with Gasteiger partial charge >= 0.3 is 0 Å². The number of hydrogen-bond acceptors (Lipinski definition) is 7. The van der Waals surface area contributed by atoms with Gasteiger partial charge in [0.25, 0.3) is 0 Å². The Morgan fingerprint density at radius 2 is 1.87 bits per heavy atom. The Balaban J connectivity index is 1.56. The van der Waals surface area contributed by atoms with Crippen LogP contribution in [0.15, 0.2) is 17.8 Å². The molecule has 0 bridgehead atoms. The summed E-state index contributed by atoms with van der Waals surface area (Å²) in [6.07, 6.45) is 1.65. The molecule has 0 radical (unpaired) electrons. The number of thiophene rings is 1. The number of aromatic nitrogens is 4. The molecule has 0 aliphatic carbocycles. The first kappa shape index (κ1) is 14.3. The number of rotatable bonds is 2. The average molecular weight is 329 g/mol. The number of aryl methyl sites for hydroxylation is 2. The normalized spacial score (nSPS) is 15.6. The van der Waals surface area contributed by atoms with Crippen LogP contribution in [0, 0.1) is 6.92 Å². The van der Waals surface area contributed by atoms with Crippen molar-refractivity contribution in [3.8, 4) is 0 Å². The summed E-state index contributed by atoms with van der Waals surface area (Å²) in [6.45, 7) is 5.57. The van der Waals surface area contributed by atoms with E-state index in [1.165, 1.54) is 0 Å². The molecule has 1 aliphatic rings. The molecule has 0 aromatic carbocycles. The number of nitrogens with zero attached hydrogens (tertiary/aromatic N) is 6. The molecule has 1 saturated heterocycles. The summed E-state index contributed by atoms with van der Waals surface area (Å²) >= 11 is 1.70. The van der Waals surface area contributed by atoms with E-state index in [0.717, 1.165) is 59.4 Å². The molecule has 0 amide bonds. The quantitative estimate of drug-likeness (QED) is 0.770. The molecule has 0 spiro atoms. The summed E-state index contributed by atoms with van der Waals surface area (Å²) in [5.41, 5.74) is 8.88. The van der Waals surface area contributed by atoms with Crippen molar-refractivity contribution in [1.29, 1.82) is 0 Å². The second-order valence-electron chi connectivity index (χ2n) is 5.75. The van der Waals surface area contributed by atoms with Crippen LogP contribution >= 0.6 is 11.3 Å². The predicted molar refractivity (Wildman–Crippen MR) is 94.2 cm³/mol. The standard InChI is InChI=1S/C15H19N7S/c1-10-12(16)15(20(2)19-10)22-6-4-21(5-7-22)14-13-11(3-8-23-13)17-9-18-14/h3,8-9H,4-7,16H2,1-2H3. The van der Waals surface area contributed by atoms with Crippen molar-refractivity contribution >= 4 is 38.9 Å². The fourth-order valence-corrected chi connectivity index (χ4v) is 4.03. The van der Waals surface area contributed by atoms with Gasteiger partial charge in [0.1, 0.15) is 12.1 Å². The summed E-state index contributed by atoms with van der Waals surface area (Å²) in [5, 5.41) is 6.48. The maximum Gasteiger partial charge on any atom is 0.150 e. The van der Waals surface area contributed by atoms with Crippen LogP contribution in [0.25, 0.3) is 10.2 Å². The third-order valence-electron chi connectivity index (χ3n) is 4.34. The smallest absolute Gasteiger partial charge is 0.150 e. The highest BCUT2D eigenvalue weighted by atomic mass is 32.1. The molecule has 7 nitrogen and oxygen atoms in total. The average Bonchev–Trinajstić information content (AvgIpc) is 3.12. The minimum Gasteiger partial charge on any atom is -0.394 e. The fourth-order valence-electron chi connectivity index (χ4n) is 3.17. The summed E-state index contributed by atoms with van der Waals surface area (Å²) in [4.78, 5) is 13.5. The van der Waals surface area contributed by atoms with Crippen LogP contribution in [0.1, 0.15) is 5.69 Å². The lowest BCUT2D eigenvalue weighted by Crippen LogP contribution is -2.47. The second kappa shape index (κ2) is 5.38. The topological polar surface area (TPSA) is 76.1 Å². The molecule has 1 fully saturated rings. The van der Waals surface area contributed by atoms with E-state index in [2.05, 4.69) is 30.2 Å². The molecule has 4 rings (SSSR count). The van der Waals surface area contributed by atoms with Crippen LogP contribution < -0.4 is 15.5 Å². The molecule has 3 aromatic rings. The zero-order valence-corrected chi connectivity index (χ0v) is 14.0. The lowest BCUT2D eigenvalue weighted by molar-refractivity contribution is 0.621. The van der Waals surface area contributed by atoms with Crippen molar-refractivity contribution in [1.82, 2.24) is 19.7 Å². The lowest BCUT2D eigenvalue weighted by atomic mass is 10.2. The molecule has 2 N–H and O–H groups in total. The van der Waals surface area contributed by atoms with Crippen molar-refractivity contribution in [2.75, 3.05) is 41.7 Å². The first-order valence-electron chi connectivity index (χ1n) is 7.62. The van der Waals surface area contributed by atoms with Crippen LogP contribution in [0.5, 0.6) is 0 Å². The van der Waals surface area contributed by atoms with Crippen LogP contribution in [0.4, 0.5) is 17.3 Å². The minimum atomic E-state index is 0.781. The van der Waals surface area contributed by atoms with Gasteiger partial charge in [-0.2, -0.15) is 5.10 Å². The molecule has 0 saturated carbocycles. The lowest BCUT2D eigenvalue weighted by Gasteiger charge is -2.36. The van der Waals surface area contributed by atoms with Crippen LogP contribution in [0.2, 0.25) is 0 Å². The van der Waals surface area contributed by atoms with Gasteiger partial charge < -0.3 is 15.5 Å². The monoisotopic (exact) mass is 329 g/mol. The maximum atomic E-state index is 6.18. The molecular formula is C15H19N7S. The number of fused-ring (bicyclic) bond motifs is 1. The third-order valence-corrected chi connectivity index (χ3v) is 5.24. The van der Waals surface area contributed by atoms with Gasteiger partial charge in [0.05, 0.1) is 21.6 Å². The van der Waals surface area contributed by atoms with Gasteiger partial charge in [-0.1, -0.05) is 0 Å². The van der Waals surface area contributed by atoms with Crippen molar-refractivity contribution in [3.63, 3.8) is 0 Å². The number of nitrogens with two attached hydrogens (primary N) is 1. The van der Waals surface area contributed by atoms with E-state index in [9.17, 15) is 0 Å². The van der Waals surface area contributed by atoms with Crippen LogP contribution in [-0.4, -0.2) is 45.9 Å². The molecule has 23 heavy (non-hydrogen) atoms. The Kier molecular flexibility index (Phi) is 3.33. The SMILES string of the molecule is Cc1nn(C)c(N2CCN(c3ncnc4ccsc34)CC2)c1N. The maximum absolute atomic E-state index is 6.18. The first-order valence-corrected chi connectivity index (χ1v) is 8.50. The highest BCUT2D eigenvalue weighted by Crippen LogP contribution is 2.30. The molecular weight excluding hydrogens is 310 g/mol. The van der Waals surface area contributed by atoms with E-state index in [0.29, 0.717) is 0 Å². The molecule has 120 valence electrons. The molecule has 1 aliphatic heterocycles. The van der Waals surface area contributed by atoms with E-state index in [-0.39, 0.29) is 0 Å². The predicted octanol–water partition coefficient (Wildman–Crippen LogP) is 1.64. The van der Waals surface area contributed by atoms with Crippen molar-refractivity contribution < 1.29 is 0 Å². The Morgan fingerprint density at radius 3 is 2.57 bits per heavy atom. The van der Waals surface area contributed by atoms with Gasteiger partial charge in [0, 0.05) is 33.2 Å². The van der Waals surface area contributed by atoms with E-state index < -0.39 is 0 Å². The summed E-state index contributed by atoms with van der Waals surface area (Å²) in [6, 6.07) is 2.04. The molecule has 4 heterocycles. The molecule has 0 unspecified atom stereocenters. The minimum absolute atomic E-state index is 0.781. The first-order chi connectivity index (χ1) is 11.1. The number of anilines is 3. The third kappa shape index (κ3) is 2.29. The zero-order valence-electron chi connectivity index (χ0n) is 13.2. The number of nitrogen functional groups attached to an aromatic ring is 1. The van der Waals surface area contributed by atoms with Gasteiger partial charge in [0.15, 0.2) is 5.82 Å². The highest BCUT2D eigenvalue weighted by Gasteiger charge is 2.24. The van der Waals surface area contributed by atoms with Crippen LogP contribution in [-0.2, 0) is 7.05 Å². The van der Waals surface area contributed by atoms with Gasteiger partial charge in [-0.25, -0.2) is 9.97 Å².